The van der Waals surface area contributed by atoms with Crippen LogP contribution in [-0.2, 0) is 13.0 Å². The largest absolute Gasteiger partial charge is 0.367 e. The van der Waals surface area contributed by atoms with Crippen LogP contribution in [0.25, 0.3) is 0 Å². The third-order valence-corrected chi connectivity index (χ3v) is 6.51. The molecule has 0 bridgehead atoms. The van der Waals surface area contributed by atoms with Crippen molar-refractivity contribution >= 4 is 23.2 Å². The molecule has 0 aliphatic carbocycles. The number of hydrogen-bond acceptors (Lipinski definition) is 3. The van der Waals surface area contributed by atoms with E-state index < -0.39 is 0 Å². The van der Waals surface area contributed by atoms with Crippen LogP contribution in [0.4, 0.5) is 5.69 Å². The van der Waals surface area contributed by atoms with Gasteiger partial charge in [0.25, 0.3) is 5.91 Å². The van der Waals surface area contributed by atoms with Crippen LogP contribution in [0.3, 0.4) is 0 Å². The minimum atomic E-state index is -0.0622. The van der Waals surface area contributed by atoms with E-state index in [1.807, 2.05) is 30.3 Å². The van der Waals surface area contributed by atoms with Crippen molar-refractivity contribution < 1.29 is 4.79 Å². The van der Waals surface area contributed by atoms with E-state index in [1.54, 1.807) is 7.05 Å². The number of amides is 1. The predicted molar refractivity (Wildman–Crippen MR) is 132 cm³/mol. The van der Waals surface area contributed by atoms with Gasteiger partial charge >= 0.3 is 0 Å². The second kappa shape index (κ2) is 10.7. The van der Waals surface area contributed by atoms with E-state index in [1.165, 1.54) is 5.56 Å². The molecule has 2 atom stereocenters. The van der Waals surface area contributed by atoms with Crippen molar-refractivity contribution in [3.05, 3.63) is 101 Å². The average molecular weight is 448 g/mol. The monoisotopic (exact) mass is 447 g/mol. The van der Waals surface area contributed by atoms with Crippen molar-refractivity contribution in [1.29, 1.82) is 0 Å². The van der Waals surface area contributed by atoms with E-state index in [2.05, 4.69) is 64.1 Å². The zero-order valence-electron chi connectivity index (χ0n) is 18.4. The lowest BCUT2D eigenvalue weighted by Gasteiger charge is -2.30. The van der Waals surface area contributed by atoms with Crippen molar-refractivity contribution in [1.82, 2.24) is 10.6 Å². The lowest BCUT2D eigenvalue weighted by molar-refractivity contribution is 0.0963. The van der Waals surface area contributed by atoms with E-state index in [4.69, 9.17) is 11.6 Å². The topological polar surface area (TPSA) is 44.4 Å². The SMILES string of the molecule is CNC(=O)c1cccc(CN(C[C@H]2CNC[C@@H]2Cc2ccccc2)c2ccc(Cl)cc2)c1. The van der Waals surface area contributed by atoms with E-state index in [-0.39, 0.29) is 5.91 Å². The van der Waals surface area contributed by atoms with E-state index in [0.29, 0.717) is 17.4 Å². The first-order valence-corrected chi connectivity index (χ1v) is 11.6. The maximum atomic E-state index is 12.1. The van der Waals surface area contributed by atoms with Gasteiger partial charge in [0.05, 0.1) is 0 Å². The molecule has 4 rings (SSSR count). The summed E-state index contributed by atoms with van der Waals surface area (Å²) in [5.41, 5.74) is 4.34. The van der Waals surface area contributed by atoms with Gasteiger partial charge in [-0.3, -0.25) is 4.79 Å². The quantitative estimate of drug-likeness (QED) is 0.522. The Morgan fingerprint density at radius 2 is 1.69 bits per heavy atom. The first-order valence-electron chi connectivity index (χ1n) is 11.2. The highest BCUT2D eigenvalue weighted by Gasteiger charge is 2.29. The molecule has 0 spiro atoms. The molecular formula is C27H30ClN3O. The molecule has 3 aromatic carbocycles. The third-order valence-electron chi connectivity index (χ3n) is 6.26. The number of rotatable bonds is 8. The van der Waals surface area contributed by atoms with Gasteiger partial charge < -0.3 is 15.5 Å². The lowest BCUT2D eigenvalue weighted by atomic mass is 9.89. The fourth-order valence-corrected chi connectivity index (χ4v) is 4.65. The van der Waals surface area contributed by atoms with E-state index in [9.17, 15) is 4.79 Å². The molecule has 4 nitrogen and oxygen atoms in total. The summed E-state index contributed by atoms with van der Waals surface area (Å²) in [6.45, 7) is 3.73. The second-order valence-electron chi connectivity index (χ2n) is 8.50. The van der Waals surface area contributed by atoms with Crippen LogP contribution in [0.5, 0.6) is 0 Å². The van der Waals surface area contributed by atoms with Gasteiger partial charge in [-0.1, -0.05) is 54.1 Å². The number of carbonyl (C=O) groups excluding carboxylic acids is 1. The normalized spacial score (nSPS) is 17.8. The molecule has 32 heavy (non-hydrogen) atoms. The molecule has 0 saturated carbocycles. The lowest BCUT2D eigenvalue weighted by Crippen LogP contribution is -2.33. The molecule has 0 unspecified atom stereocenters. The first-order chi connectivity index (χ1) is 15.6. The molecule has 166 valence electrons. The Kier molecular flexibility index (Phi) is 7.46. The van der Waals surface area contributed by atoms with Crippen LogP contribution in [0.2, 0.25) is 5.02 Å². The van der Waals surface area contributed by atoms with Crippen LogP contribution < -0.4 is 15.5 Å². The number of hydrogen-bond donors (Lipinski definition) is 2. The number of nitrogens with one attached hydrogen (secondary N) is 2. The van der Waals surface area contributed by atoms with Crippen LogP contribution in [0.1, 0.15) is 21.5 Å². The fourth-order valence-electron chi connectivity index (χ4n) is 4.53. The molecule has 2 N–H and O–H groups in total. The van der Waals surface area contributed by atoms with Crippen molar-refractivity contribution in [2.45, 2.75) is 13.0 Å². The van der Waals surface area contributed by atoms with Gasteiger partial charge in [0, 0.05) is 36.4 Å². The molecule has 1 aliphatic heterocycles. The Bertz CT molecular complexity index is 1020. The first kappa shape index (κ1) is 22.4. The molecule has 1 heterocycles. The number of carbonyl (C=O) groups is 1. The molecule has 1 aliphatic rings. The Balaban J connectivity index is 1.54. The maximum Gasteiger partial charge on any atom is 0.251 e. The second-order valence-corrected chi connectivity index (χ2v) is 8.94. The highest BCUT2D eigenvalue weighted by atomic mass is 35.5. The molecule has 1 fully saturated rings. The van der Waals surface area contributed by atoms with Crippen molar-refractivity contribution in [3.8, 4) is 0 Å². The Labute approximate surface area is 195 Å². The van der Waals surface area contributed by atoms with Gasteiger partial charge in [-0.25, -0.2) is 0 Å². The Hall–Kier alpha value is -2.82. The molecule has 1 saturated heterocycles. The van der Waals surface area contributed by atoms with Crippen molar-refractivity contribution in [2.75, 3.05) is 31.6 Å². The summed E-state index contributed by atoms with van der Waals surface area (Å²) in [4.78, 5) is 14.5. The fraction of sp³-hybridized carbons (Fsp3) is 0.296. The summed E-state index contributed by atoms with van der Waals surface area (Å²) < 4.78 is 0. The summed E-state index contributed by atoms with van der Waals surface area (Å²) in [5.74, 6) is 1.06. The van der Waals surface area contributed by atoms with Gasteiger partial charge in [-0.05, 0) is 78.9 Å². The molecule has 3 aromatic rings. The Morgan fingerprint density at radius 1 is 0.969 bits per heavy atom. The number of anilines is 1. The minimum absolute atomic E-state index is 0.0622. The Morgan fingerprint density at radius 3 is 2.44 bits per heavy atom. The number of nitrogens with zero attached hydrogens (tertiary/aromatic N) is 1. The number of halogens is 1. The summed E-state index contributed by atoms with van der Waals surface area (Å²) in [6, 6.07) is 26.7. The van der Waals surface area contributed by atoms with Crippen LogP contribution in [-0.4, -0.2) is 32.6 Å². The van der Waals surface area contributed by atoms with Crippen molar-refractivity contribution in [3.63, 3.8) is 0 Å². The molecule has 0 radical (unpaired) electrons. The van der Waals surface area contributed by atoms with Crippen molar-refractivity contribution in [2.24, 2.45) is 11.8 Å². The van der Waals surface area contributed by atoms with E-state index >= 15 is 0 Å². The van der Waals surface area contributed by atoms with Gasteiger partial charge in [-0.15, -0.1) is 0 Å². The smallest absolute Gasteiger partial charge is 0.251 e. The number of benzene rings is 3. The zero-order valence-corrected chi connectivity index (χ0v) is 19.2. The summed E-state index contributed by atoms with van der Waals surface area (Å²) >= 11 is 6.16. The van der Waals surface area contributed by atoms with Gasteiger partial charge in [0.2, 0.25) is 0 Å². The maximum absolute atomic E-state index is 12.1. The van der Waals surface area contributed by atoms with Crippen LogP contribution in [0, 0.1) is 11.8 Å². The molecular weight excluding hydrogens is 418 g/mol. The van der Waals surface area contributed by atoms with Crippen LogP contribution in [0.15, 0.2) is 78.9 Å². The summed E-state index contributed by atoms with van der Waals surface area (Å²) in [7, 11) is 1.66. The minimum Gasteiger partial charge on any atom is -0.367 e. The average Bonchev–Trinajstić information content (AvgIpc) is 3.26. The standard InChI is InChI=1S/C27H30ClN3O/c1-29-27(32)22-9-5-8-21(15-22)18-31(26-12-10-25(28)11-13-26)19-24-17-30-16-23(24)14-20-6-3-2-4-7-20/h2-13,15,23-24,30H,14,16-19H2,1H3,(H,29,32)/t23-,24+/m0/s1. The molecule has 0 aromatic heterocycles. The third kappa shape index (κ3) is 5.70. The van der Waals surface area contributed by atoms with Gasteiger partial charge in [-0.2, -0.15) is 0 Å². The van der Waals surface area contributed by atoms with Gasteiger partial charge in [0.15, 0.2) is 0 Å². The summed E-state index contributed by atoms with van der Waals surface area (Å²) in [6.07, 6.45) is 1.08. The van der Waals surface area contributed by atoms with Gasteiger partial charge in [0.1, 0.15) is 0 Å². The highest BCUT2D eigenvalue weighted by Crippen LogP contribution is 2.27. The molecule has 1 amide bonds. The summed E-state index contributed by atoms with van der Waals surface area (Å²) in [5, 5.41) is 7.05. The van der Waals surface area contributed by atoms with E-state index in [0.717, 1.165) is 48.9 Å². The predicted octanol–water partition coefficient (Wildman–Crippen LogP) is 4.78. The molecule has 5 heteroatoms. The highest BCUT2D eigenvalue weighted by molar-refractivity contribution is 6.30. The van der Waals surface area contributed by atoms with Crippen LogP contribution >= 0.6 is 11.6 Å². The zero-order chi connectivity index (χ0) is 22.3.